The molecule has 0 atom stereocenters. The van der Waals surface area contributed by atoms with Crippen LogP contribution in [0.4, 0.5) is 5.69 Å². The molecule has 0 aliphatic carbocycles. The number of nitrogens with one attached hydrogen (secondary N) is 1. The molecule has 1 aromatic heterocycles. The number of carbonyl (C=O) groups is 1. The van der Waals surface area contributed by atoms with Crippen molar-refractivity contribution in [3.8, 4) is 5.75 Å². The predicted molar refractivity (Wildman–Crippen MR) is 113 cm³/mol. The molecule has 162 valence electrons. The third-order valence-corrected chi connectivity index (χ3v) is 7.28. The predicted octanol–water partition coefficient (Wildman–Crippen LogP) is 2.37. The molecule has 2 aromatic rings. The third-order valence-electron chi connectivity index (χ3n) is 4.63. The summed E-state index contributed by atoms with van der Waals surface area (Å²) in [5, 5.41) is 6.08. The van der Waals surface area contributed by atoms with Gasteiger partial charge in [-0.1, -0.05) is 29.6 Å². The molecular weight excluding hydrogens is 455 g/mol. The number of amides is 1. The number of halogens is 2. The minimum atomic E-state index is -3.69. The van der Waals surface area contributed by atoms with Crippen LogP contribution in [0.25, 0.3) is 0 Å². The van der Waals surface area contributed by atoms with E-state index in [0.717, 1.165) is 30.1 Å². The first-order valence-corrected chi connectivity index (χ1v) is 11.3. The molecule has 1 amide bonds. The molecule has 1 fully saturated rings. The fourth-order valence-corrected chi connectivity index (χ4v) is 4.90. The molecule has 1 saturated heterocycles. The van der Waals surface area contributed by atoms with E-state index in [1.165, 1.54) is 29.6 Å². The summed E-state index contributed by atoms with van der Waals surface area (Å²) in [6.07, 6.45) is 3.78. The first-order chi connectivity index (χ1) is 14.2. The van der Waals surface area contributed by atoms with Crippen molar-refractivity contribution in [1.82, 2.24) is 14.1 Å². The van der Waals surface area contributed by atoms with Crippen molar-refractivity contribution >= 4 is 44.8 Å². The van der Waals surface area contributed by atoms with Crippen LogP contribution in [0.2, 0.25) is 10.0 Å². The molecule has 2 heterocycles. The average Bonchev–Trinajstić information content (AvgIpc) is 2.74. The largest absolute Gasteiger partial charge is 0.495 e. The number of sulfonamides is 1. The van der Waals surface area contributed by atoms with E-state index in [2.05, 4.69) is 10.4 Å². The third kappa shape index (κ3) is 4.77. The van der Waals surface area contributed by atoms with Gasteiger partial charge in [0.15, 0.2) is 0 Å². The topological polar surface area (TPSA) is 111 Å². The number of piperidine rings is 1. The van der Waals surface area contributed by atoms with Crippen molar-refractivity contribution < 1.29 is 17.9 Å². The highest BCUT2D eigenvalue weighted by molar-refractivity contribution is 7.89. The van der Waals surface area contributed by atoms with Crippen LogP contribution in [-0.4, -0.2) is 48.6 Å². The number of methoxy groups -OCH3 is 1. The Bertz CT molecular complexity index is 1110. The van der Waals surface area contributed by atoms with Crippen LogP contribution in [-0.2, 0) is 21.4 Å². The van der Waals surface area contributed by atoms with Crippen LogP contribution in [0, 0.1) is 0 Å². The Hall–Kier alpha value is -2.14. The first-order valence-electron chi connectivity index (χ1n) is 9.13. The van der Waals surface area contributed by atoms with Crippen molar-refractivity contribution in [3.63, 3.8) is 0 Å². The first kappa shape index (κ1) is 22.5. The molecule has 30 heavy (non-hydrogen) atoms. The van der Waals surface area contributed by atoms with Crippen LogP contribution in [0.1, 0.15) is 19.3 Å². The lowest BCUT2D eigenvalue weighted by atomic mass is 10.2. The Morgan fingerprint density at radius 1 is 1.23 bits per heavy atom. The van der Waals surface area contributed by atoms with Crippen LogP contribution in [0.15, 0.2) is 34.1 Å². The smallest absolute Gasteiger partial charge is 0.287 e. The molecule has 0 spiro atoms. The van der Waals surface area contributed by atoms with Crippen LogP contribution in [0.3, 0.4) is 0 Å². The maximum absolute atomic E-state index is 12.9. The number of anilines is 1. The highest BCUT2D eigenvalue weighted by Gasteiger charge is 2.27. The Morgan fingerprint density at radius 2 is 1.93 bits per heavy atom. The van der Waals surface area contributed by atoms with Crippen LogP contribution < -0.4 is 15.6 Å². The Morgan fingerprint density at radius 3 is 2.60 bits per heavy atom. The van der Waals surface area contributed by atoms with E-state index in [4.69, 9.17) is 27.9 Å². The highest BCUT2D eigenvalue weighted by Crippen LogP contribution is 2.30. The lowest BCUT2D eigenvalue weighted by Gasteiger charge is -2.26. The molecule has 0 bridgehead atoms. The maximum atomic E-state index is 12.9. The van der Waals surface area contributed by atoms with Gasteiger partial charge in [-0.2, -0.15) is 9.40 Å². The molecule has 9 nitrogen and oxygen atoms in total. The summed E-state index contributed by atoms with van der Waals surface area (Å²) in [6, 6.07) is 4.24. The number of benzene rings is 1. The van der Waals surface area contributed by atoms with E-state index in [1.807, 2.05) is 0 Å². The van der Waals surface area contributed by atoms with E-state index in [0.29, 0.717) is 13.1 Å². The summed E-state index contributed by atoms with van der Waals surface area (Å²) >= 11 is 11.5. The number of ether oxygens (including phenoxy) is 1. The molecular formula is C18H20Cl2N4O5S. The molecule has 0 unspecified atom stereocenters. The average molecular weight is 475 g/mol. The number of hydrogen-bond acceptors (Lipinski definition) is 6. The molecule has 3 rings (SSSR count). The molecule has 1 N–H and O–H groups in total. The van der Waals surface area contributed by atoms with E-state index in [-0.39, 0.29) is 26.4 Å². The number of hydrogen-bond donors (Lipinski definition) is 1. The standard InChI is InChI=1S/C18H20Cl2N4O5S/c1-29-15-6-5-12(30(27,28)23-7-3-2-4-8-23)9-14(15)22-16(25)11-24-18(26)17(20)13(19)10-21-24/h5-6,9-10H,2-4,7-8,11H2,1H3,(H,22,25). The van der Waals surface area contributed by atoms with Gasteiger partial charge in [0.25, 0.3) is 5.56 Å². The van der Waals surface area contributed by atoms with Gasteiger partial charge in [-0.3, -0.25) is 9.59 Å². The van der Waals surface area contributed by atoms with Gasteiger partial charge in [0, 0.05) is 13.1 Å². The van der Waals surface area contributed by atoms with Gasteiger partial charge in [0.05, 0.1) is 28.9 Å². The monoisotopic (exact) mass is 474 g/mol. The zero-order valence-corrected chi connectivity index (χ0v) is 18.4. The maximum Gasteiger partial charge on any atom is 0.287 e. The van der Waals surface area contributed by atoms with E-state index in [9.17, 15) is 18.0 Å². The second kappa shape index (κ2) is 9.34. The lowest BCUT2D eigenvalue weighted by molar-refractivity contribution is -0.117. The molecule has 1 aliphatic rings. The second-order valence-corrected chi connectivity index (χ2v) is 9.37. The van der Waals surface area contributed by atoms with E-state index >= 15 is 0 Å². The quantitative estimate of drug-likeness (QED) is 0.687. The second-order valence-electron chi connectivity index (χ2n) is 6.64. The number of aromatic nitrogens is 2. The van der Waals surface area contributed by atoms with Gasteiger partial charge >= 0.3 is 0 Å². The normalized spacial score (nSPS) is 15.0. The van der Waals surface area contributed by atoms with E-state index < -0.39 is 28.0 Å². The van der Waals surface area contributed by atoms with Crippen LogP contribution >= 0.6 is 23.2 Å². The zero-order chi connectivity index (χ0) is 21.9. The van der Waals surface area contributed by atoms with Gasteiger partial charge < -0.3 is 10.1 Å². The summed E-state index contributed by atoms with van der Waals surface area (Å²) in [5.74, 6) is -0.343. The Labute approximate surface area is 183 Å². The van der Waals surface area contributed by atoms with Gasteiger partial charge in [-0.15, -0.1) is 0 Å². The van der Waals surface area contributed by atoms with Gasteiger partial charge in [0.2, 0.25) is 15.9 Å². The van der Waals surface area contributed by atoms with Crippen molar-refractivity contribution in [1.29, 1.82) is 0 Å². The van der Waals surface area contributed by atoms with Crippen molar-refractivity contribution in [3.05, 3.63) is 44.8 Å². The summed E-state index contributed by atoms with van der Waals surface area (Å²) in [6.45, 7) is 0.478. The fourth-order valence-electron chi connectivity index (χ4n) is 3.08. The summed E-state index contributed by atoms with van der Waals surface area (Å²) in [4.78, 5) is 24.6. The van der Waals surface area contributed by atoms with Gasteiger partial charge in [-0.25, -0.2) is 13.1 Å². The van der Waals surface area contributed by atoms with Gasteiger partial charge in [0.1, 0.15) is 17.3 Å². The minimum Gasteiger partial charge on any atom is -0.495 e. The molecule has 0 radical (unpaired) electrons. The zero-order valence-electron chi connectivity index (χ0n) is 16.1. The minimum absolute atomic E-state index is 0.0179. The fraction of sp³-hybridized carbons (Fsp3) is 0.389. The van der Waals surface area contributed by atoms with Gasteiger partial charge in [-0.05, 0) is 31.0 Å². The number of nitrogens with zero attached hydrogens (tertiary/aromatic N) is 3. The summed E-state index contributed by atoms with van der Waals surface area (Å²) in [7, 11) is -2.30. The molecule has 1 aromatic carbocycles. The molecule has 12 heteroatoms. The van der Waals surface area contributed by atoms with Crippen molar-refractivity contribution in [2.75, 3.05) is 25.5 Å². The lowest BCUT2D eigenvalue weighted by Crippen LogP contribution is -2.35. The molecule has 0 saturated carbocycles. The Kier molecular flexibility index (Phi) is 7.02. The van der Waals surface area contributed by atoms with Crippen molar-refractivity contribution in [2.24, 2.45) is 0 Å². The SMILES string of the molecule is COc1ccc(S(=O)(=O)N2CCCCC2)cc1NC(=O)Cn1ncc(Cl)c(Cl)c1=O. The number of rotatable bonds is 6. The molecule has 1 aliphatic heterocycles. The van der Waals surface area contributed by atoms with Crippen LogP contribution in [0.5, 0.6) is 5.75 Å². The summed E-state index contributed by atoms with van der Waals surface area (Å²) in [5.41, 5.74) is -0.554. The van der Waals surface area contributed by atoms with Crippen molar-refractivity contribution in [2.45, 2.75) is 30.7 Å². The Balaban J connectivity index is 1.84. The highest BCUT2D eigenvalue weighted by atomic mass is 35.5. The number of carbonyl (C=O) groups excluding carboxylic acids is 1. The summed E-state index contributed by atoms with van der Waals surface area (Å²) < 4.78 is 33.3. The van der Waals surface area contributed by atoms with E-state index in [1.54, 1.807) is 0 Å².